The van der Waals surface area contributed by atoms with Crippen LogP contribution in [0, 0.1) is 5.92 Å². The lowest BCUT2D eigenvalue weighted by Crippen LogP contribution is -2.41. The molecule has 1 saturated carbocycles. The van der Waals surface area contributed by atoms with E-state index in [4.69, 9.17) is 0 Å². The van der Waals surface area contributed by atoms with Crippen LogP contribution in [0.1, 0.15) is 13.3 Å². The van der Waals surface area contributed by atoms with Crippen molar-refractivity contribution >= 4 is 53.6 Å². The molecule has 4 atom stereocenters. The molecule has 64 valence electrons. The van der Waals surface area contributed by atoms with Gasteiger partial charge in [-0.15, -0.1) is 0 Å². The van der Waals surface area contributed by atoms with Crippen molar-refractivity contribution in [3.05, 3.63) is 0 Å². The van der Waals surface area contributed by atoms with Gasteiger partial charge in [-0.05, 0) is 12.3 Å². The van der Waals surface area contributed by atoms with E-state index in [9.17, 15) is 4.79 Å². The predicted octanol–water partition coefficient (Wildman–Crippen LogP) is 2.89. The molecule has 0 radical (unpaired) electrons. The molecule has 0 bridgehead atoms. The first-order valence-corrected chi connectivity index (χ1v) is 6.24. The summed E-state index contributed by atoms with van der Waals surface area (Å²) >= 11 is 10.2. The fourth-order valence-electron chi connectivity index (χ4n) is 1.19. The second-order valence-corrected chi connectivity index (χ2v) is 6.08. The van der Waals surface area contributed by atoms with Gasteiger partial charge in [-0.25, -0.2) is 0 Å². The maximum Gasteiger partial charge on any atom is 0.161 e. The fraction of sp³-hybridized carbons (Fsp3) is 0.857. The molecule has 0 N–H and O–H groups in total. The molecule has 0 aromatic heterocycles. The van der Waals surface area contributed by atoms with E-state index < -0.39 is 0 Å². The molecule has 0 aromatic carbocycles. The van der Waals surface area contributed by atoms with Gasteiger partial charge in [0.15, 0.2) is 5.78 Å². The first-order valence-electron chi connectivity index (χ1n) is 3.50. The Morgan fingerprint density at radius 2 is 1.91 bits per heavy atom. The fourth-order valence-corrected chi connectivity index (χ4v) is 3.74. The molecule has 0 unspecified atom stereocenters. The molecule has 0 spiro atoms. The molecule has 1 nitrogen and oxygen atoms in total. The Hall–Kier alpha value is 1.11. The van der Waals surface area contributed by atoms with Crippen LogP contribution in [0.4, 0.5) is 0 Å². The molecular formula is C7H9Br3O. The van der Waals surface area contributed by atoms with Crippen molar-refractivity contribution in [2.45, 2.75) is 27.8 Å². The van der Waals surface area contributed by atoms with Gasteiger partial charge in [0.2, 0.25) is 0 Å². The minimum Gasteiger partial charge on any atom is -0.297 e. The summed E-state index contributed by atoms with van der Waals surface area (Å²) < 4.78 is 0. The Balaban J connectivity index is 2.70. The first-order chi connectivity index (χ1) is 5.04. The zero-order chi connectivity index (χ0) is 8.59. The molecule has 0 aliphatic heterocycles. The van der Waals surface area contributed by atoms with Crippen molar-refractivity contribution in [1.82, 2.24) is 0 Å². The number of Topliss-reactive ketones (excluding diaryl/α,β-unsaturated/α-hetero) is 1. The molecule has 4 heteroatoms. The van der Waals surface area contributed by atoms with Crippen LogP contribution in [0.15, 0.2) is 0 Å². The van der Waals surface area contributed by atoms with Crippen LogP contribution in [0.5, 0.6) is 0 Å². The number of carbonyl (C=O) groups is 1. The normalized spacial score (nSPS) is 46.0. The lowest BCUT2D eigenvalue weighted by Gasteiger charge is -2.30. The number of hydrogen-bond acceptors (Lipinski definition) is 1. The lowest BCUT2D eigenvalue weighted by atomic mass is 9.90. The van der Waals surface area contributed by atoms with Crippen LogP contribution in [0.2, 0.25) is 0 Å². The Morgan fingerprint density at radius 1 is 1.36 bits per heavy atom. The highest BCUT2D eigenvalue weighted by molar-refractivity contribution is 9.12. The molecule has 0 heterocycles. The third-order valence-corrected chi connectivity index (χ3v) is 5.97. The summed E-state index contributed by atoms with van der Waals surface area (Å²) in [5, 5.41) is 0. The summed E-state index contributed by atoms with van der Waals surface area (Å²) in [4.78, 5) is 11.6. The molecule has 1 fully saturated rings. The maximum absolute atomic E-state index is 11.4. The van der Waals surface area contributed by atoms with E-state index in [2.05, 4.69) is 54.7 Å². The summed E-state index contributed by atoms with van der Waals surface area (Å²) in [5.41, 5.74) is 0. The van der Waals surface area contributed by atoms with Gasteiger partial charge in [0, 0.05) is 4.83 Å². The molecule has 0 aromatic rings. The van der Waals surface area contributed by atoms with Gasteiger partial charge in [-0.3, -0.25) is 4.79 Å². The largest absolute Gasteiger partial charge is 0.297 e. The zero-order valence-corrected chi connectivity index (χ0v) is 10.8. The van der Waals surface area contributed by atoms with E-state index in [1.165, 1.54) is 0 Å². The number of ketones is 1. The Morgan fingerprint density at radius 3 is 2.45 bits per heavy atom. The average Bonchev–Trinajstić information content (AvgIpc) is 1.97. The average molecular weight is 349 g/mol. The van der Waals surface area contributed by atoms with Crippen LogP contribution < -0.4 is 0 Å². The molecule has 1 aliphatic carbocycles. The SMILES string of the molecule is C[C@H]1C[C@H](Br)C(=O)[C@H](Br)[C@H]1Br. The number of carbonyl (C=O) groups excluding carboxylic acids is 1. The van der Waals surface area contributed by atoms with Crippen LogP contribution in [0.25, 0.3) is 0 Å². The molecule has 11 heavy (non-hydrogen) atoms. The second kappa shape index (κ2) is 3.88. The van der Waals surface area contributed by atoms with Gasteiger partial charge in [0.05, 0.1) is 9.65 Å². The van der Waals surface area contributed by atoms with Crippen molar-refractivity contribution in [3.8, 4) is 0 Å². The first kappa shape index (κ1) is 10.2. The topological polar surface area (TPSA) is 17.1 Å². The van der Waals surface area contributed by atoms with Crippen molar-refractivity contribution in [3.63, 3.8) is 0 Å². The van der Waals surface area contributed by atoms with Crippen molar-refractivity contribution in [2.75, 3.05) is 0 Å². The Bertz CT molecular complexity index is 171. The van der Waals surface area contributed by atoms with Crippen molar-refractivity contribution in [1.29, 1.82) is 0 Å². The number of halogens is 3. The van der Waals surface area contributed by atoms with Crippen molar-refractivity contribution < 1.29 is 4.79 Å². The van der Waals surface area contributed by atoms with Crippen molar-refractivity contribution in [2.24, 2.45) is 5.92 Å². The summed E-state index contributed by atoms with van der Waals surface area (Å²) in [5.74, 6) is 0.798. The van der Waals surface area contributed by atoms with Crippen LogP contribution in [0.3, 0.4) is 0 Å². The maximum atomic E-state index is 11.4. The highest BCUT2D eigenvalue weighted by Crippen LogP contribution is 2.35. The molecule has 1 rings (SSSR count). The van der Waals surface area contributed by atoms with E-state index in [1.807, 2.05) is 0 Å². The third kappa shape index (κ3) is 2.07. The number of hydrogen-bond donors (Lipinski definition) is 0. The van der Waals surface area contributed by atoms with Gasteiger partial charge in [0.1, 0.15) is 0 Å². The van der Waals surface area contributed by atoms with Gasteiger partial charge in [-0.1, -0.05) is 54.7 Å². The monoisotopic (exact) mass is 346 g/mol. The third-order valence-electron chi connectivity index (χ3n) is 1.98. The van der Waals surface area contributed by atoms with Crippen LogP contribution in [-0.4, -0.2) is 20.3 Å². The molecular weight excluding hydrogens is 340 g/mol. The van der Waals surface area contributed by atoms with Gasteiger partial charge in [-0.2, -0.15) is 0 Å². The van der Waals surface area contributed by atoms with E-state index in [-0.39, 0.29) is 20.3 Å². The summed E-state index contributed by atoms with van der Waals surface area (Å²) in [6.45, 7) is 2.15. The van der Waals surface area contributed by atoms with Crippen LogP contribution in [-0.2, 0) is 4.79 Å². The Labute approximate surface area is 91.7 Å². The molecule has 1 aliphatic rings. The van der Waals surface area contributed by atoms with E-state index in [0.717, 1.165) is 6.42 Å². The minimum atomic E-state index is -0.0318. The summed E-state index contributed by atoms with van der Waals surface area (Å²) in [7, 11) is 0. The highest BCUT2D eigenvalue weighted by atomic mass is 79.9. The van der Waals surface area contributed by atoms with Gasteiger partial charge >= 0.3 is 0 Å². The van der Waals surface area contributed by atoms with E-state index >= 15 is 0 Å². The summed E-state index contributed by atoms with van der Waals surface area (Å²) in [6, 6.07) is 0. The van der Waals surface area contributed by atoms with E-state index in [0.29, 0.717) is 5.92 Å². The quantitative estimate of drug-likeness (QED) is 0.615. The molecule has 0 saturated heterocycles. The second-order valence-electron chi connectivity index (χ2n) is 2.93. The minimum absolute atomic E-state index is 0.0318. The molecule has 0 amide bonds. The summed E-state index contributed by atoms with van der Waals surface area (Å²) in [6.07, 6.45) is 0.927. The highest BCUT2D eigenvalue weighted by Gasteiger charge is 2.38. The van der Waals surface area contributed by atoms with E-state index in [1.54, 1.807) is 0 Å². The zero-order valence-electron chi connectivity index (χ0n) is 6.06. The van der Waals surface area contributed by atoms with Crippen LogP contribution >= 0.6 is 47.8 Å². The predicted molar refractivity (Wildman–Crippen MR) is 56.9 cm³/mol. The Kier molecular flexibility index (Phi) is 3.59. The number of alkyl halides is 3. The lowest BCUT2D eigenvalue weighted by molar-refractivity contribution is -0.119. The standard InChI is InChI=1S/C7H9Br3O/c1-3-2-4(8)7(11)6(10)5(3)9/h3-6H,2H2,1H3/t3-,4-,5-,6+/m0/s1. The van der Waals surface area contributed by atoms with Gasteiger partial charge < -0.3 is 0 Å². The number of rotatable bonds is 0. The van der Waals surface area contributed by atoms with Gasteiger partial charge in [0.25, 0.3) is 0 Å². The smallest absolute Gasteiger partial charge is 0.161 e.